The lowest BCUT2D eigenvalue weighted by Crippen LogP contribution is -2.18. The van der Waals surface area contributed by atoms with E-state index in [9.17, 15) is 0 Å². The maximum atomic E-state index is 6.41. The van der Waals surface area contributed by atoms with E-state index in [1.165, 1.54) is 11.1 Å². The highest BCUT2D eigenvalue weighted by Crippen LogP contribution is 2.33. The van der Waals surface area contributed by atoms with Crippen molar-refractivity contribution < 1.29 is 9.47 Å². The Kier molecular flexibility index (Phi) is 4.11. The first kappa shape index (κ1) is 14.0. The monoisotopic (exact) mass is 283 g/mol. The van der Waals surface area contributed by atoms with Crippen LogP contribution in [0.5, 0.6) is 11.5 Å². The molecular formula is C18H21NO2. The molecule has 1 heterocycles. The van der Waals surface area contributed by atoms with E-state index in [0.29, 0.717) is 0 Å². The van der Waals surface area contributed by atoms with Crippen molar-refractivity contribution in [1.82, 2.24) is 0 Å². The predicted molar refractivity (Wildman–Crippen MR) is 83.9 cm³/mol. The molecule has 0 aromatic heterocycles. The molecule has 3 nitrogen and oxygen atoms in total. The first-order valence-electron chi connectivity index (χ1n) is 7.41. The van der Waals surface area contributed by atoms with Gasteiger partial charge in [0.15, 0.2) is 0 Å². The highest BCUT2D eigenvalue weighted by molar-refractivity contribution is 5.45. The summed E-state index contributed by atoms with van der Waals surface area (Å²) >= 11 is 0. The van der Waals surface area contributed by atoms with Gasteiger partial charge in [0.1, 0.15) is 11.5 Å². The Bertz CT molecular complexity index is 607. The summed E-state index contributed by atoms with van der Waals surface area (Å²) < 4.78 is 11.0. The van der Waals surface area contributed by atoms with Crippen LogP contribution in [0, 0.1) is 0 Å². The molecule has 0 radical (unpaired) electrons. The molecule has 0 fully saturated rings. The van der Waals surface area contributed by atoms with Gasteiger partial charge in [-0.1, -0.05) is 30.3 Å². The first-order chi connectivity index (χ1) is 10.3. The van der Waals surface area contributed by atoms with E-state index >= 15 is 0 Å². The highest BCUT2D eigenvalue weighted by Gasteiger charge is 2.18. The van der Waals surface area contributed by atoms with Crippen LogP contribution in [0.2, 0.25) is 0 Å². The van der Waals surface area contributed by atoms with Crippen LogP contribution in [0.25, 0.3) is 0 Å². The molecule has 3 heteroatoms. The van der Waals surface area contributed by atoms with Crippen LogP contribution >= 0.6 is 0 Å². The molecule has 0 saturated carbocycles. The Hall–Kier alpha value is -2.00. The third-order valence-corrected chi connectivity index (χ3v) is 3.98. The van der Waals surface area contributed by atoms with Crippen molar-refractivity contribution in [3.63, 3.8) is 0 Å². The molecule has 2 aromatic carbocycles. The molecule has 1 aliphatic rings. The van der Waals surface area contributed by atoms with E-state index in [1.807, 2.05) is 12.1 Å². The number of aryl methyl sites for hydroxylation is 1. The van der Waals surface area contributed by atoms with Gasteiger partial charge in [0, 0.05) is 11.6 Å². The molecule has 1 atom stereocenters. The molecular weight excluding hydrogens is 262 g/mol. The minimum atomic E-state index is -0.0496. The van der Waals surface area contributed by atoms with Crippen LogP contribution in [-0.2, 0) is 12.8 Å². The van der Waals surface area contributed by atoms with Gasteiger partial charge in [0.25, 0.3) is 0 Å². The number of rotatable bonds is 4. The van der Waals surface area contributed by atoms with E-state index in [-0.39, 0.29) is 6.04 Å². The molecule has 2 aromatic rings. The molecule has 2 N–H and O–H groups in total. The zero-order valence-electron chi connectivity index (χ0n) is 12.3. The van der Waals surface area contributed by atoms with Crippen molar-refractivity contribution in [1.29, 1.82) is 0 Å². The van der Waals surface area contributed by atoms with Gasteiger partial charge in [-0.15, -0.1) is 0 Å². The van der Waals surface area contributed by atoms with Crippen molar-refractivity contribution in [2.24, 2.45) is 5.73 Å². The van der Waals surface area contributed by atoms with E-state index in [4.69, 9.17) is 15.2 Å². The fourth-order valence-electron chi connectivity index (χ4n) is 2.83. The van der Waals surface area contributed by atoms with E-state index < -0.39 is 0 Å². The Balaban J connectivity index is 1.80. The molecule has 1 aliphatic heterocycles. The van der Waals surface area contributed by atoms with Gasteiger partial charge in [-0.2, -0.15) is 0 Å². The van der Waals surface area contributed by atoms with Gasteiger partial charge >= 0.3 is 0 Å². The third kappa shape index (κ3) is 3.03. The summed E-state index contributed by atoms with van der Waals surface area (Å²) in [6.45, 7) is 0.791. The van der Waals surface area contributed by atoms with Gasteiger partial charge in [0.05, 0.1) is 13.7 Å². The summed E-state index contributed by atoms with van der Waals surface area (Å²) in [4.78, 5) is 0. The van der Waals surface area contributed by atoms with Gasteiger partial charge in [0.2, 0.25) is 0 Å². The van der Waals surface area contributed by atoms with Crippen LogP contribution in [0.4, 0.5) is 0 Å². The number of nitrogens with two attached hydrogens (primary N) is 1. The maximum Gasteiger partial charge on any atom is 0.127 e. The SMILES string of the molecule is COc1ccc(CC(N)c2cccc3c2OCCC3)cc1. The molecule has 0 spiro atoms. The van der Waals surface area contributed by atoms with Crippen molar-refractivity contribution >= 4 is 0 Å². The lowest BCUT2D eigenvalue weighted by molar-refractivity contribution is 0.283. The van der Waals surface area contributed by atoms with E-state index in [2.05, 4.69) is 30.3 Å². The zero-order valence-corrected chi connectivity index (χ0v) is 12.3. The Morgan fingerprint density at radius 3 is 2.76 bits per heavy atom. The normalized spacial score (nSPS) is 15.0. The molecule has 0 amide bonds. The lowest BCUT2D eigenvalue weighted by Gasteiger charge is -2.23. The predicted octanol–water partition coefficient (Wildman–Crippen LogP) is 3.26. The Labute approximate surface area is 125 Å². The first-order valence-corrected chi connectivity index (χ1v) is 7.41. The molecule has 0 bridgehead atoms. The average Bonchev–Trinajstić information content (AvgIpc) is 2.55. The molecule has 110 valence electrons. The molecule has 0 saturated heterocycles. The number of methoxy groups -OCH3 is 1. The Morgan fingerprint density at radius 2 is 2.00 bits per heavy atom. The van der Waals surface area contributed by atoms with E-state index in [0.717, 1.165) is 42.9 Å². The van der Waals surface area contributed by atoms with Crippen LogP contribution in [0.1, 0.15) is 29.2 Å². The summed E-state index contributed by atoms with van der Waals surface area (Å²) in [6, 6.07) is 14.3. The molecule has 3 rings (SSSR count). The smallest absolute Gasteiger partial charge is 0.127 e. The number of hydrogen-bond donors (Lipinski definition) is 1. The van der Waals surface area contributed by atoms with Crippen molar-refractivity contribution in [3.05, 3.63) is 59.2 Å². The van der Waals surface area contributed by atoms with Crippen molar-refractivity contribution in [2.75, 3.05) is 13.7 Å². The summed E-state index contributed by atoms with van der Waals surface area (Å²) in [6.07, 6.45) is 2.96. The largest absolute Gasteiger partial charge is 0.497 e. The average molecular weight is 283 g/mol. The van der Waals surface area contributed by atoms with Crippen LogP contribution in [0.3, 0.4) is 0 Å². The number of para-hydroxylation sites is 1. The van der Waals surface area contributed by atoms with Gasteiger partial charge in [-0.3, -0.25) is 0 Å². The third-order valence-electron chi connectivity index (χ3n) is 3.98. The summed E-state index contributed by atoms with van der Waals surface area (Å²) in [5, 5.41) is 0. The second-order valence-electron chi connectivity index (χ2n) is 5.45. The standard InChI is InChI=1S/C18H21NO2/c1-20-15-9-7-13(8-10-15)12-17(19)16-6-2-4-14-5-3-11-21-18(14)16/h2,4,6-10,17H,3,5,11-12,19H2,1H3. The summed E-state index contributed by atoms with van der Waals surface area (Å²) in [5.41, 5.74) is 10.0. The van der Waals surface area contributed by atoms with Crippen LogP contribution < -0.4 is 15.2 Å². The second-order valence-corrected chi connectivity index (χ2v) is 5.45. The molecule has 1 unspecified atom stereocenters. The molecule has 21 heavy (non-hydrogen) atoms. The van der Waals surface area contributed by atoms with Crippen molar-refractivity contribution in [2.45, 2.75) is 25.3 Å². The quantitative estimate of drug-likeness (QED) is 0.936. The molecule has 0 aliphatic carbocycles. The minimum absolute atomic E-state index is 0.0496. The van der Waals surface area contributed by atoms with E-state index in [1.54, 1.807) is 7.11 Å². The Morgan fingerprint density at radius 1 is 1.19 bits per heavy atom. The number of hydrogen-bond acceptors (Lipinski definition) is 3. The topological polar surface area (TPSA) is 44.5 Å². The van der Waals surface area contributed by atoms with Crippen LogP contribution in [0.15, 0.2) is 42.5 Å². The fraction of sp³-hybridized carbons (Fsp3) is 0.333. The van der Waals surface area contributed by atoms with Gasteiger partial charge in [-0.05, 0) is 42.5 Å². The van der Waals surface area contributed by atoms with Gasteiger partial charge < -0.3 is 15.2 Å². The zero-order chi connectivity index (χ0) is 14.7. The second kappa shape index (κ2) is 6.19. The minimum Gasteiger partial charge on any atom is -0.497 e. The summed E-state index contributed by atoms with van der Waals surface area (Å²) in [5.74, 6) is 1.87. The van der Waals surface area contributed by atoms with Crippen LogP contribution in [-0.4, -0.2) is 13.7 Å². The maximum absolute atomic E-state index is 6.41. The lowest BCUT2D eigenvalue weighted by atomic mass is 9.94. The fourth-order valence-corrected chi connectivity index (χ4v) is 2.83. The number of ether oxygens (including phenoxy) is 2. The van der Waals surface area contributed by atoms with Gasteiger partial charge in [-0.25, -0.2) is 0 Å². The number of fused-ring (bicyclic) bond motifs is 1. The summed E-state index contributed by atoms with van der Waals surface area (Å²) in [7, 11) is 1.67. The number of benzene rings is 2. The highest BCUT2D eigenvalue weighted by atomic mass is 16.5. The van der Waals surface area contributed by atoms with Crippen molar-refractivity contribution in [3.8, 4) is 11.5 Å².